The summed E-state index contributed by atoms with van der Waals surface area (Å²) >= 11 is 0. The SMILES string of the molecule is Cc1cc(NC(=O)[C@@H]2CCCC[C@@H]2C(=O)O)n(-c2nc3c(c(=O)[nH]2)CCC3)n1. The quantitative estimate of drug-likeness (QED) is 0.733. The minimum absolute atomic E-state index is 0.179. The van der Waals surface area contributed by atoms with Crippen LogP contribution in [0.25, 0.3) is 5.95 Å². The summed E-state index contributed by atoms with van der Waals surface area (Å²) in [4.78, 5) is 43.9. The third-order valence-electron chi connectivity index (χ3n) is 5.63. The van der Waals surface area contributed by atoms with Crippen LogP contribution in [-0.4, -0.2) is 36.7 Å². The lowest BCUT2D eigenvalue weighted by atomic mass is 9.79. The fraction of sp³-hybridized carbons (Fsp3) is 0.526. The van der Waals surface area contributed by atoms with Crippen molar-refractivity contribution in [3.63, 3.8) is 0 Å². The van der Waals surface area contributed by atoms with Crippen LogP contribution >= 0.6 is 0 Å². The average molecular weight is 385 g/mol. The number of H-pyrrole nitrogens is 1. The topological polar surface area (TPSA) is 130 Å². The second kappa shape index (κ2) is 7.21. The Bertz CT molecular complexity index is 993. The molecule has 148 valence electrons. The van der Waals surface area contributed by atoms with Crippen LogP contribution in [0.3, 0.4) is 0 Å². The first-order chi connectivity index (χ1) is 13.4. The van der Waals surface area contributed by atoms with Gasteiger partial charge in [0.1, 0.15) is 5.82 Å². The lowest BCUT2D eigenvalue weighted by Gasteiger charge is -2.27. The van der Waals surface area contributed by atoms with Crippen LogP contribution in [0.1, 0.15) is 49.1 Å². The number of anilines is 1. The Labute approximate surface area is 161 Å². The van der Waals surface area contributed by atoms with Crippen LogP contribution in [0.4, 0.5) is 5.82 Å². The first-order valence-corrected chi connectivity index (χ1v) is 9.67. The Morgan fingerprint density at radius 1 is 1.21 bits per heavy atom. The molecule has 9 nitrogen and oxygen atoms in total. The lowest BCUT2D eigenvalue weighted by molar-refractivity contribution is -0.147. The average Bonchev–Trinajstić information content (AvgIpc) is 3.28. The van der Waals surface area contributed by atoms with Gasteiger partial charge in [-0.2, -0.15) is 9.78 Å². The lowest BCUT2D eigenvalue weighted by Crippen LogP contribution is -2.36. The monoisotopic (exact) mass is 385 g/mol. The van der Waals surface area contributed by atoms with Crippen LogP contribution in [0.5, 0.6) is 0 Å². The molecule has 9 heteroatoms. The van der Waals surface area contributed by atoms with Gasteiger partial charge in [0.15, 0.2) is 0 Å². The Balaban J connectivity index is 1.64. The van der Waals surface area contributed by atoms with E-state index < -0.39 is 17.8 Å². The Hall–Kier alpha value is -2.97. The summed E-state index contributed by atoms with van der Waals surface area (Å²) < 4.78 is 1.41. The van der Waals surface area contributed by atoms with Crippen LogP contribution in [0, 0.1) is 18.8 Å². The first kappa shape index (κ1) is 18.4. The highest BCUT2D eigenvalue weighted by molar-refractivity contribution is 5.94. The maximum Gasteiger partial charge on any atom is 0.307 e. The number of hydrogen-bond acceptors (Lipinski definition) is 5. The van der Waals surface area contributed by atoms with Crippen molar-refractivity contribution < 1.29 is 14.7 Å². The van der Waals surface area contributed by atoms with Gasteiger partial charge in [-0.15, -0.1) is 0 Å². The van der Waals surface area contributed by atoms with Gasteiger partial charge in [0.05, 0.1) is 23.2 Å². The largest absolute Gasteiger partial charge is 0.481 e. The van der Waals surface area contributed by atoms with Crippen molar-refractivity contribution >= 4 is 17.7 Å². The van der Waals surface area contributed by atoms with Gasteiger partial charge < -0.3 is 10.4 Å². The molecule has 2 aromatic heterocycles. The number of aryl methyl sites for hydroxylation is 2. The zero-order valence-electron chi connectivity index (χ0n) is 15.7. The van der Waals surface area contributed by atoms with E-state index in [9.17, 15) is 19.5 Å². The van der Waals surface area contributed by atoms with E-state index >= 15 is 0 Å². The van der Waals surface area contributed by atoms with Gasteiger partial charge >= 0.3 is 5.97 Å². The number of aromatic nitrogens is 4. The summed E-state index contributed by atoms with van der Waals surface area (Å²) in [5.74, 6) is -1.90. The maximum atomic E-state index is 12.8. The molecule has 2 aliphatic carbocycles. The smallest absolute Gasteiger partial charge is 0.307 e. The second-order valence-electron chi connectivity index (χ2n) is 7.58. The summed E-state index contributed by atoms with van der Waals surface area (Å²) in [6, 6.07) is 1.68. The van der Waals surface area contributed by atoms with E-state index in [1.807, 2.05) is 0 Å². The standard InChI is InChI=1S/C19H23N5O4/c1-10-9-15(21-16(25)11-5-2-3-6-12(11)18(27)28)24(23-10)19-20-14-8-4-7-13(14)17(26)22-19/h9,11-12H,2-8H2,1H3,(H,21,25)(H,27,28)(H,20,22,26)/t11-,12+/m1/s1. The fourth-order valence-corrected chi connectivity index (χ4v) is 4.24. The highest BCUT2D eigenvalue weighted by Crippen LogP contribution is 2.31. The molecule has 0 radical (unpaired) electrons. The van der Waals surface area contributed by atoms with E-state index in [1.54, 1.807) is 13.0 Å². The zero-order valence-corrected chi connectivity index (χ0v) is 15.7. The molecule has 4 rings (SSSR count). The van der Waals surface area contributed by atoms with Gasteiger partial charge in [0.2, 0.25) is 11.9 Å². The van der Waals surface area contributed by atoms with E-state index in [-0.39, 0.29) is 17.4 Å². The number of carboxylic acids is 1. The molecule has 1 fully saturated rings. The molecule has 2 aliphatic rings. The number of aromatic amines is 1. The second-order valence-corrected chi connectivity index (χ2v) is 7.58. The van der Waals surface area contributed by atoms with E-state index in [0.29, 0.717) is 29.9 Å². The summed E-state index contributed by atoms with van der Waals surface area (Å²) in [6.07, 6.45) is 5.07. The zero-order chi connectivity index (χ0) is 19.8. The molecule has 2 aromatic rings. The Morgan fingerprint density at radius 2 is 1.96 bits per heavy atom. The van der Waals surface area contributed by atoms with E-state index in [2.05, 4.69) is 20.4 Å². The highest BCUT2D eigenvalue weighted by Gasteiger charge is 2.36. The minimum atomic E-state index is -0.936. The number of carbonyl (C=O) groups excluding carboxylic acids is 1. The van der Waals surface area contributed by atoms with Crippen molar-refractivity contribution in [3.8, 4) is 5.95 Å². The molecule has 2 atom stereocenters. The van der Waals surface area contributed by atoms with Crippen LogP contribution in [0.15, 0.2) is 10.9 Å². The number of hydrogen-bond donors (Lipinski definition) is 3. The molecule has 0 aromatic carbocycles. The van der Waals surface area contributed by atoms with Gasteiger partial charge in [-0.1, -0.05) is 12.8 Å². The van der Waals surface area contributed by atoms with E-state index in [1.165, 1.54) is 4.68 Å². The number of carbonyl (C=O) groups is 2. The first-order valence-electron chi connectivity index (χ1n) is 9.67. The Kier molecular flexibility index (Phi) is 4.74. The maximum absolute atomic E-state index is 12.8. The molecule has 28 heavy (non-hydrogen) atoms. The fourth-order valence-electron chi connectivity index (χ4n) is 4.24. The van der Waals surface area contributed by atoms with E-state index in [0.717, 1.165) is 37.8 Å². The predicted molar refractivity (Wildman–Crippen MR) is 100 cm³/mol. The van der Waals surface area contributed by atoms with Crippen molar-refractivity contribution in [1.29, 1.82) is 0 Å². The number of amides is 1. The number of fused-ring (bicyclic) bond motifs is 1. The number of aliphatic carboxylic acids is 1. The third-order valence-corrected chi connectivity index (χ3v) is 5.63. The molecule has 1 saturated carbocycles. The molecule has 0 bridgehead atoms. The van der Waals surface area contributed by atoms with Gasteiger partial charge in [0, 0.05) is 11.6 Å². The molecule has 0 unspecified atom stereocenters. The summed E-state index contributed by atoms with van der Waals surface area (Å²) in [5, 5.41) is 16.6. The van der Waals surface area contributed by atoms with Gasteiger partial charge in [-0.3, -0.25) is 19.4 Å². The summed E-state index contributed by atoms with van der Waals surface area (Å²) in [7, 11) is 0. The van der Waals surface area contributed by atoms with E-state index in [4.69, 9.17) is 0 Å². The van der Waals surface area contributed by atoms with Crippen LogP contribution in [0.2, 0.25) is 0 Å². The van der Waals surface area contributed by atoms with Crippen molar-refractivity contribution in [2.45, 2.75) is 51.9 Å². The van der Waals surface area contributed by atoms with Crippen LogP contribution < -0.4 is 10.9 Å². The molecular weight excluding hydrogens is 362 g/mol. The molecule has 3 N–H and O–H groups in total. The van der Waals surface area contributed by atoms with Gasteiger partial charge in [0.25, 0.3) is 5.56 Å². The molecule has 1 amide bonds. The van der Waals surface area contributed by atoms with Crippen molar-refractivity contribution in [2.24, 2.45) is 11.8 Å². The number of carboxylic acid groups (broad SMARTS) is 1. The predicted octanol–water partition coefficient (Wildman–Crippen LogP) is 1.58. The summed E-state index contributed by atoms with van der Waals surface area (Å²) in [6.45, 7) is 1.78. The van der Waals surface area contributed by atoms with Gasteiger partial charge in [-0.05, 0) is 39.0 Å². The number of rotatable bonds is 4. The normalized spacial score (nSPS) is 21.3. The molecule has 0 aliphatic heterocycles. The molecule has 2 heterocycles. The van der Waals surface area contributed by atoms with Crippen LogP contribution in [-0.2, 0) is 22.4 Å². The van der Waals surface area contributed by atoms with Crippen molar-refractivity contribution in [2.75, 3.05) is 5.32 Å². The number of nitrogens with zero attached hydrogens (tertiary/aromatic N) is 3. The highest BCUT2D eigenvalue weighted by atomic mass is 16.4. The van der Waals surface area contributed by atoms with Crippen molar-refractivity contribution in [1.82, 2.24) is 19.7 Å². The minimum Gasteiger partial charge on any atom is -0.481 e. The molecular formula is C19H23N5O4. The molecule has 0 saturated heterocycles. The third kappa shape index (κ3) is 3.32. The summed E-state index contributed by atoms with van der Waals surface area (Å²) in [5.41, 5.74) is 1.95. The van der Waals surface area contributed by atoms with Crippen molar-refractivity contribution in [3.05, 3.63) is 33.4 Å². The Morgan fingerprint density at radius 3 is 2.71 bits per heavy atom. The van der Waals surface area contributed by atoms with Gasteiger partial charge in [-0.25, -0.2) is 4.98 Å². The molecule has 0 spiro atoms. The number of nitrogens with one attached hydrogen (secondary N) is 2.